The molecule has 1 aliphatic heterocycles. The molecule has 0 aromatic carbocycles. The van der Waals surface area contributed by atoms with Gasteiger partial charge in [-0.1, -0.05) is 34.6 Å². The van der Waals surface area contributed by atoms with E-state index in [0.717, 1.165) is 19.0 Å². The van der Waals surface area contributed by atoms with Crippen molar-refractivity contribution >= 4 is 0 Å². The zero-order valence-electron chi connectivity index (χ0n) is 11.1. The largest absolute Gasteiger partial charge is 0.316 e. The number of nitrogens with one attached hydrogen (secondary N) is 2. The molecule has 0 radical (unpaired) electrons. The molecular formula is C13H28N2. The van der Waals surface area contributed by atoms with Gasteiger partial charge in [0.15, 0.2) is 0 Å². The van der Waals surface area contributed by atoms with E-state index in [2.05, 4.69) is 45.3 Å². The lowest BCUT2D eigenvalue weighted by molar-refractivity contribution is 0.199. The molecule has 0 spiro atoms. The van der Waals surface area contributed by atoms with Crippen LogP contribution in [-0.4, -0.2) is 26.2 Å². The molecule has 1 fully saturated rings. The van der Waals surface area contributed by atoms with E-state index in [1.807, 2.05) is 0 Å². The normalized spacial score (nSPS) is 27.6. The lowest BCUT2D eigenvalue weighted by atomic mass is 9.76. The first kappa shape index (κ1) is 13.0. The van der Waals surface area contributed by atoms with E-state index < -0.39 is 0 Å². The Hall–Kier alpha value is -0.0800. The fourth-order valence-electron chi connectivity index (χ4n) is 2.30. The minimum absolute atomic E-state index is 0.393. The van der Waals surface area contributed by atoms with Crippen LogP contribution in [0.25, 0.3) is 0 Å². The molecule has 2 nitrogen and oxygen atoms in total. The standard InChI is InChI=1S/C13H28N2/c1-11(2)13(6-7-14-9-13)10-15-8-12(3,4)5/h11,14-15H,6-10H2,1-5H3. The molecular weight excluding hydrogens is 184 g/mol. The first-order valence-corrected chi connectivity index (χ1v) is 6.27. The van der Waals surface area contributed by atoms with Gasteiger partial charge in [-0.25, -0.2) is 0 Å². The summed E-state index contributed by atoms with van der Waals surface area (Å²) in [5.41, 5.74) is 0.884. The molecule has 1 atom stereocenters. The van der Waals surface area contributed by atoms with E-state index in [1.165, 1.54) is 19.5 Å². The fourth-order valence-corrected chi connectivity index (χ4v) is 2.30. The lowest BCUT2D eigenvalue weighted by Gasteiger charge is -2.34. The second-order valence-corrected chi connectivity index (χ2v) is 6.61. The molecule has 1 saturated heterocycles. The fraction of sp³-hybridized carbons (Fsp3) is 1.00. The Morgan fingerprint density at radius 1 is 1.33 bits per heavy atom. The van der Waals surface area contributed by atoms with Crippen molar-refractivity contribution in [1.82, 2.24) is 10.6 Å². The maximum atomic E-state index is 3.65. The second kappa shape index (κ2) is 4.84. The molecule has 1 heterocycles. The van der Waals surface area contributed by atoms with Crippen molar-refractivity contribution in [2.24, 2.45) is 16.7 Å². The predicted molar refractivity (Wildman–Crippen MR) is 67.1 cm³/mol. The van der Waals surface area contributed by atoms with Crippen molar-refractivity contribution in [1.29, 1.82) is 0 Å². The summed E-state index contributed by atoms with van der Waals surface area (Å²) in [5.74, 6) is 0.764. The van der Waals surface area contributed by atoms with E-state index in [0.29, 0.717) is 10.8 Å². The van der Waals surface area contributed by atoms with Crippen LogP contribution < -0.4 is 10.6 Å². The summed E-state index contributed by atoms with van der Waals surface area (Å²) >= 11 is 0. The van der Waals surface area contributed by atoms with Gasteiger partial charge in [0.1, 0.15) is 0 Å². The molecule has 90 valence electrons. The molecule has 1 rings (SSSR count). The van der Waals surface area contributed by atoms with Crippen LogP contribution in [0.4, 0.5) is 0 Å². The molecule has 0 amide bonds. The first-order chi connectivity index (χ1) is 6.86. The van der Waals surface area contributed by atoms with Crippen molar-refractivity contribution in [2.45, 2.75) is 41.0 Å². The highest BCUT2D eigenvalue weighted by Crippen LogP contribution is 2.33. The smallest absolute Gasteiger partial charge is 0.00231 e. The molecule has 0 bridgehead atoms. The molecule has 2 heteroatoms. The first-order valence-electron chi connectivity index (χ1n) is 6.27. The van der Waals surface area contributed by atoms with Crippen LogP contribution in [0.2, 0.25) is 0 Å². The van der Waals surface area contributed by atoms with Crippen LogP contribution in [-0.2, 0) is 0 Å². The minimum Gasteiger partial charge on any atom is -0.316 e. The highest BCUT2D eigenvalue weighted by atomic mass is 15.0. The third kappa shape index (κ3) is 3.76. The molecule has 0 aliphatic carbocycles. The lowest BCUT2D eigenvalue weighted by Crippen LogP contribution is -2.42. The third-order valence-electron chi connectivity index (χ3n) is 3.63. The van der Waals surface area contributed by atoms with Gasteiger partial charge in [0, 0.05) is 19.6 Å². The number of hydrogen-bond acceptors (Lipinski definition) is 2. The maximum Gasteiger partial charge on any atom is 0.00231 e. The van der Waals surface area contributed by atoms with Gasteiger partial charge in [0.25, 0.3) is 0 Å². The van der Waals surface area contributed by atoms with Gasteiger partial charge >= 0.3 is 0 Å². The van der Waals surface area contributed by atoms with Gasteiger partial charge in [-0.05, 0) is 29.7 Å². The number of hydrogen-bond donors (Lipinski definition) is 2. The van der Waals surface area contributed by atoms with Crippen LogP contribution in [0.1, 0.15) is 41.0 Å². The van der Waals surface area contributed by atoms with Crippen molar-refractivity contribution in [2.75, 3.05) is 26.2 Å². The number of rotatable bonds is 4. The van der Waals surface area contributed by atoms with E-state index in [-0.39, 0.29) is 0 Å². The van der Waals surface area contributed by atoms with Crippen LogP contribution >= 0.6 is 0 Å². The van der Waals surface area contributed by atoms with Crippen LogP contribution in [0, 0.1) is 16.7 Å². The Labute approximate surface area is 95.2 Å². The average Bonchev–Trinajstić information content (AvgIpc) is 2.51. The van der Waals surface area contributed by atoms with Crippen molar-refractivity contribution in [3.8, 4) is 0 Å². The topological polar surface area (TPSA) is 24.1 Å². The highest BCUT2D eigenvalue weighted by molar-refractivity contribution is 4.92. The van der Waals surface area contributed by atoms with Gasteiger partial charge < -0.3 is 10.6 Å². The van der Waals surface area contributed by atoms with Gasteiger partial charge in [-0.15, -0.1) is 0 Å². The van der Waals surface area contributed by atoms with Gasteiger partial charge in [-0.2, -0.15) is 0 Å². The second-order valence-electron chi connectivity index (χ2n) is 6.61. The molecule has 0 aromatic heterocycles. The Balaban J connectivity index is 2.40. The average molecular weight is 212 g/mol. The van der Waals surface area contributed by atoms with Crippen molar-refractivity contribution < 1.29 is 0 Å². The Morgan fingerprint density at radius 3 is 2.40 bits per heavy atom. The molecule has 1 unspecified atom stereocenters. The Kier molecular flexibility index (Phi) is 4.19. The zero-order valence-corrected chi connectivity index (χ0v) is 11.1. The highest BCUT2D eigenvalue weighted by Gasteiger charge is 2.36. The maximum absolute atomic E-state index is 3.65. The SMILES string of the molecule is CC(C)C1(CNCC(C)(C)C)CCNC1. The quantitative estimate of drug-likeness (QED) is 0.747. The third-order valence-corrected chi connectivity index (χ3v) is 3.63. The molecule has 0 saturated carbocycles. The van der Waals surface area contributed by atoms with E-state index in [4.69, 9.17) is 0 Å². The monoisotopic (exact) mass is 212 g/mol. The molecule has 1 aliphatic rings. The summed E-state index contributed by atoms with van der Waals surface area (Å²) in [5, 5.41) is 7.15. The summed E-state index contributed by atoms with van der Waals surface area (Å²) < 4.78 is 0. The van der Waals surface area contributed by atoms with Gasteiger partial charge in [0.2, 0.25) is 0 Å². The summed E-state index contributed by atoms with van der Waals surface area (Å²) in [7, 11) is 0. The molecule has 2 N–H and O–H groups in total. The van der Waals surface area contributed by atoms with Crippen molar-refractivity contribution in [3.63, 3.8) is 0 Å². The Bertz CT molecular complexity index is 185. The van der Waals surface area contributed by atoms with E-state index in [1.54, 1.807) is 0 Å². The van der Waals surface area contributed by atoms with Gasteiger partial charge in [-0.3, -0.25) is 0 Å². The molecule has 15 heavy (non-hydrogen) atoms. The van der Waals surface area contributed by atoms with E-state index >= 15 is 0 Å². The van der Waals surface area contributed by atoms with Crippen molar-refractivity contribution in [3.05, 3.63) is 0 Å². The van der Waals surface area contributed by atoms with Crippen LogP contribution in [0.3, 0.4) is 0 Å². The summed E-state index contributed by atoms with van der Waals surface area (Å²) in [6.45, 7) is 16.2. The molecule has 0 aromatic rings. The minimum atomic E-state index is 0.393. The summed E-state index contributed by atoms with van der Waals surface area (Å²) in [6.07, 6.45) is 1.32. The van der Waals surface area contributed by atoms with Crippen LogP contribution in [0.5, 0.6) is 0 Å². The zero-order chi connectivity index (χ0) is 11.5. The van der Waals surface area contributed by atoms with E-state index in [9.17, 15) is 0 Å². The predicted octanol–water partition coefficient (Wildman–Crippen LogP) is 2.26. The Morgan fingerprint density at radius 2 is 2.00 bits per heavy atom. The van der Waals surface area contributed by atoms with Crippen LogP contribution in [0.15, 0.2) is 0 Å². The van der Waals surface area contributed by atoms with Gasteiger partial charge in [0.05, 0.1) is 0 Å². The summed E-state index contributed by atoms with van der Waals surface area (Å²) in [4.78, 5) is 0. The summed E-state index contributed by atoms with van der Waals surface area (Å²) in [6, 6.07) is 0.